The molecule has 0 aliphatic heterocycles. The highest BCUT2D eigenvalue weighted by atomic mass is 32.1. The molecule has 284 valence electrons. The van der Waals surface area contributed by atoms with E-state index in [1.54, 1.807) is 23.7 Å². The van der Waals surface area contributed by atoms with Gasteiger partial charge in [-0.05, 0) is 120 Å². The topological polar surface area (TPSA) is 89.4 Å². The lowest BCUT2D eigenvalue weighted by Gasteiger charge is -2.21. The summed E-state index contributed by atoms with van der Waals surface area (Å²) < 4.78 is 11.7. The van der Waals surface area contributed by atoms with Crippen molar-refractivity contribution in [1.29, 1.82) is 0 Å². The summed E-state index contributed by atoms with van der Waals surface area (Å²) in [5.41, 5.74) is 11.2. The molecular weight excluding hydrogens is 739 g/mol. The van der Waals surface area contributed by atoms with Gasteiger partial charge in [-0.1, -0.05) is 62.4 Å². The van der Waals surface area contributed by atoms with Gasteiger partial charge in [0.25, 0.3) is 0 Å². The third-order valence-corrected chi connectivity index (χ3v) is 13.1. The Morgan fingerprint density at radius 1 is 0.621 bits per heavy atom. The van der Waals surface area contributed by atoms with Crippen LogP contribution in [0.5, 0.6) is 0 Å². The van der Waals surface area contributed by atoms with E-state index in [4.69, 9.17) is 18.8 Å². The summed E-state index contributed by atoms with van der Waals surface area (Å²) in [6.45, 7) is 12.5. The molecule has 0 amide bonds. The molecule has 1 aliphatic rings. The van der Waals surface area contributed by atoms with Crippen LogP contribution in [0, 0.1) is 6.92 Å². The molecule has 0 fully saturated rings. The lowest BCUT2D eigenvalue weighted by Crippen LogP contribution is -2.21. The van der Waals surface area contributed by atoms with Crippen molar-refractivity contribution in [3.63, 3.8) is 0 Å². The highest BCUT2D eigenvalue weighted by molar-refractivity contribution is 7.18. The van der Waals surface area contributed by atoms with E-state index in [0.29, 0.717) is 33.7 Å². The minimum absolute atomic E-state index is 0.195. The average Bonchev–Trinajstić information content (AvgIpc) is 3.80. The maximum absolute atomic E-state index is 13.5. The summed E-state index contributed by atoms with van der Waals surface area (Å²) in [5, 5.41) is 3.86. The van der Waals surface area contributed by atoms with Gasteiger partial charge < -0.3 is 13.7 Å². The predicted molar refractivity (Wildman–Crippen MR) is 237 cm³/mol. The number of rotatable bonds is 7. The Kier molecular flexibility index (Phi) is 8.32. The van der Waals surface area contributed by atoms with E-state index in [9.17, 15) is 9.59 Å². The van der Waals surface area contributed by atoms with Crippen LogP contribution in [-0.2, 0) is 5.41 Å². The second-order valence-electron chi connectivity index (χ2n) is 15.5. The fraction of sp³-hybridized carbons (Fsp3) is 0.160. The third kappa shape index (κ3) is 5.70. The maximum Gasteiger partial charge on any atom is 0.345 e. The van der Waals surface area contributed by atoms with Crippen LogP contribution in [0.25, 0.3) is 87.2 Å². The Hall–Kier alpha value is -6.64. The zero-order chi connectivity index (χ0) is 39.9. The highest BCUT2D eigenvalue weighted by Gasteiger charge is 2.36. The predicted octanol–water partition coefficient (Wildman–Crippen LogP) is 12.0. The van der Waals surface area contributed by atoms with Crippen molar-refractivity contribution in [1.82, 2.24) is 9.97 Å². The number of thiophene rings is 1. The van der Waals surface area contributed by atoms with E-state index in [-0.39, 0.29) is 11.0 Å². The van der Waals surface area contributed by atoms with Gasteiger partial charge in [0, 0.05) is 56.3 Å². The summed E-state index contributed by atoms with van der Waals surface area (Å²) in [6.07, 6.45) is 3.37. The van der Waals surface area contributed by atoms with E-state index in [1.807, 2.05) is 61.5 Å². The minimum atomic E-state index is -0.449. The first-order chi connectivity index (χ1) is 28.1. The first kappa shape index (κ1) is 35.8. The molecule has 58 heavy (non-hydrogen) atoms. The Labute approximate surface area is 338 Å². The molecule has 0 unspecified atom stereocenters. The Bertz CT molecular complexity index is 3240. The fourth-order valence-corrected chi connectivity index (χ4v) is 9.82. The van der Waals surface area contributed by atoms with Crippen molar-refractivity contribution < 1.29 is 8.83 Å². The quantitative estimate of drug-likeness (QED) is 0.118. The van der Waals surface area contributed by atoms with Crippen LogP contribution >= 0.6 is 11.3 Å². The van der Waals surface area contributed by atoms with Crippen molar-refractivity contribution in [3.8, 4) is 54.5 Å². The third-order valence-electron chi connectivity index (χ3n) is 11.9. The molecule has 7 nitrogen and oxygen atoms in total. The van der Waals surface area contributed by atoms with Crippen LogP contribution in [0.2, 0.25) is 0 Å². The van der Waals surface area contributed by atoms with E-state index < -0.39 is 5.63 Å². The van der Waals surface area contributed by atoms with Crippen LogP contribution in [0.4, 0.5) is 5.69 Å². The molecule has 0 N–H and O–H groups in total. The van der Waals surface area contributed by atoms with Gasteiger partial charge in [-0.3, -0.25) is 9.97 Å². The summed E-state index contributed by atoms with van der Waals surface area (Å²) in [5.74, 6) is 0. The SMILES string of the molecule is CCN(CC)c1ccc2c(C)c(-c3ccc(-c4ccc5c(c4)-c4cc(-c6cnc(-c7cc8cc9ccccc9cc8oc7=O)cn6)ccc4C5(C)C)s3)c(=O)oc2c1. The zero-order valence-corrected chi connectivity index (χ0v) is 33.7. The number of fused-ring (bicyclic) bond motifs is 6. The first-order valence-electron chi connectivity index (χ1n) is 19.6. The largest absolute Gasteiger partial charge is 0.422 e. The Morgan fingerprint density at radius 2 is 1.28 bits per heavy atom. The summed E-state index contributed by atoms with van der Waals surface area (Å²) in [6, 6.07) is 37.2. The molecule has 5 aromatic carbocycles. The highest BCUT2D eigenvalue weighted by Crippen LogP contribution is 2.51. The van der Waals surface area contributed by atoms with Crippen LogP contribution in [0.15, 0.2) is 140 Å². The molecule has 0 bridgehead atoms. The summed E-state index contributed by atoms with van der Waals surface area (Å²) in [7, 11) is 0. The molecule has 0 saturated carbocycles. The lowest BCUT2D eigenvalue weighted by atomic mass is 9.82. The average molecular weight is 778 g/mol. The second kappa shape index (κ2) is 13.5. The van der Waals surface area contributed by atoms with Gasteiger partial charge in [0.2, 0.25) is 0 Å². The van der Waals surface area contributed by atoms with Crippen molar-refractivity contribution in [2.24, 2.45) is 0 Å². The van der Waals surface area contributed by atoms with Crippen LogP contribution < -0.4 is 16.2 Å². The molecule has 0 spiro atoms. The fourth-order valence-electron chi connectivity index (χ4n) is 8.73. The molecule has 4 aromatic heterocycles. The van der Waals surface area contributed by atoms with Crippen molar-refractivity contribution in [2.75, 3.05) is 18.0 Å². The number of anilines is 1. The van der Waals surface area contributed by atoms with E-state index >= 15 is 0 Å². The molecule has 0 saturated heterocycles. The number of nitrogens with zero attached hydrogens (tertiary/aromatic N) is 3. The van der Waals surface area contributed by atoms with Crippen molar-refractivity contribution >= 4 is 49.7 Å². The smallest absolute Gasteiger partial charge is 0.345 e. The second-order valence-corrected chi connectivity index (χ2v) is 16.6. The number of hydrogen-bond acceptors (Lipinski definition) is 8. The lowest BCUT2D eigenvalue weighted by molar-refractivity contribution is 0.562. The van der Waals surface area contributed by atoms with Gasteiger partial charge in [0.05, 0.1) is 34.9 Å². The minimum Gasteiger partial charge on any atom is -0.422 e. The summed E-state index contributed by atoms with van der Waals surface area (Å²) in [4.78, 5) is 40.3. The standard InChI is InChI=1S/C50H39N3O4S/c1-6-53(7-2)34-14-15-35-28(3)47(49(55)57-44(35)25-34)46-19-18-45(58-46)32-13-17-40-37(22-32)36-21-31(12-16-39(36)50(40,4)5)41-26-52-42(27-51-41)38-23-33-20-29-10-8-9-11-30(29)24-43(33)56-48(38)54/h8-27H,6-7H2,1-5H3. The number of aromatic nitrogens is 2. The van der Waals surface area contributed by atoms with E-state index in [0.717, 1.165) is 72.3 Å². The van der Waals surface area contributed by atoms with Crippen LogP contribution in [0.3, 0.4) is 0 Å². The number of benzene rings is 5. The van der Waals surface area contributed by atoms with Gasteiger partial charge in [0.15, 0.2) is 0 Å². The molecular formula is C50H39N3O4S. The van der Waals surface area contributed by atoms with E-state index in [2.05, 4.69) is 87.2 Å². The normalized spacial score (nSPS) is 13.0. The van der Waals surface area contributed by atoms with Gasteiger partial charge >= 0.3 is 11.3 Å². The number of hydrogen-bond donors (Lipinski definition) is 0. The van der Waals surface area contributed by atoms with Gasteiger partial charge in [-0.15, -0.1) is 11.3 Å². The molecule has 0 atom stereocenters. The molecule has 0 radical (unpaired) electrons. The van der Waals surface area contributed by atoms with Crippen LogP contribution in [-0.4, -0.2) is 23.1 Å². The number of aryl methyl sites for hydroxylation is 1. The first-order valence-corrected chi connectivity index (χ1v) is 20.4. The van der Waals surface area contributed by atoms with Gasteiger partial charge in [-0.25, -0.2) is 9.59 Å². The molecule has 9 aromatic rings. The van der Waals surface area contributed by atoms with Crippen LogP contribution in [0.1, 0.15) is 44.4 Å². The maximum atomic E-state index is 13.5. The molecule has 1 aliphatic carbocycles. The van der Waals surface area contributed by atoms with Crippen molar-refractivity contribution in [2.45, 2.75) is 40.0 Å². The molecule has 10 rings (SSSR count). The van der Waals surface area contributed by atoms with Gasteiger partial charge in [-0.2, -0.15) is 0 Å². The summed E-state index contributed by atoms with van der Waals surface area (Å²) >= 11 is 1.60. The molecule has 8 heteroatoms. The Balaban J connectivity index is 0.973. The molecule has 4 heterocycles. The van der Waals surface area contributed by atoms with E-state index in [1.165, 1.54) is 16.7 Å². The van der Waals surface area contributed by atoms with Crippen molar-refractivity contribution in [3.05, 3.63) is 159 Å². The Morgan fingerprint density at radius 3 is 2.00 bits per heavy atom. The van der Waals surface area contributed by atoms with Gasteiger partial charge in [0.1, 0.15) is 11.2 Å². The zero-order valence-electron chi connectivity index (χ0n) is 32.8. The monoisotopic (exact) mass is 777 g/mol.